The Morgan fingerprint density at radius 1 is 1.00 bits per heavy atom. The van der Waals surface area contributed by atoms with E-state index in [4.69, 9.17) is 32.7 Å². The number of para-hydroxylation sites is 1. The van der Waals surface area contributed by atoms with E-state index >= 15 is 0 Å². The summed E-state index contributed by atoms with van der Waals surface area (Å²) >= 11 is 12.0. The van der Waals surface area contributed by atoms with Gasteiger partial charge in [0.05, 0.1) is 11.1 Å². The van der Waals surface area contributed by atoms with Crippen LogP contribution in [0.5, 0.6) is 5.75 Å². The van der Waals surface area contributed by atoms with Crippen LogP contribution in [0.25, 0.3) is 0 Å². The van der Waals surface area contributed by atoms with Crippen molar-refractivity contribution in [3.8, 4) is 5.75 Å². The van der Waals surface area contributed by atoms with Gasteiger partial charge in [0.2, 0.25) is 0 Å². The van der Waals surface area contributed by atoms with Gasteiger partial charge in [0, 0.05) is 5.02 Å². The summed E-state index contributed by atoms with van der Waals surface area (Å²) in [6.45, 7) is 1.05. The summed E-state index contributed by atoms with van der Waals surface area (Å²) in [5.74, 6) is -0.725. The maximum atomic E-state index is 11.9. The van der Waals surface area contributed by atoms with Gasteiger partial charge in [-0.15, -0.1) is 0 Å². The number of amides is 1. The molecule has 2 aromatic carbocycles. The summed E-state index contributed by atoms with van der Waals surface area (Å²) in [6.07, 6.45) is 0. The largest absolute Gasteiger partial charge is 0.480 e. The van der Waals surface area contributed by atoms with Crippen molar-refractivity contribution in [2.45, 2.75) is 13.0 Å². The van der Waals surface area contributed by atoms with Crippen LogP contribution in [-0.2, 0) is 14.3 Å². The van der Waals surface area contributed by atoms with Gasteiger partial charge in [0.1, 0.15) is 5.75 Å². The maximum absolute atomic E-state index is 11.9. The molecular formula is C18H17Cl2NO4. The van der Waals surface area contributed by atoms with Gasteiger partial charge in [0.25, 0.3) is 5.91 Å². The van der Waals surface area contributed by atoms with Gasteiger partial charge in [-0.3, -0.25) is 4.79 Å². The number of nitrogens with one attached hydrogen (secondary N) is 1. The lowest BCUT2D eigenvalue weighted by molar-refractivity contribution is -0.150. The fraction of sp³-hybridized carbons (Fsp3) is 0.222. The molecule has 7 heteroatoms. The second kappa shape index (κ2) is 9.30. The van der Waals surface area contributed by atoms with Gasteiger partial charge in [-0.1, -0.05) is 53.5 Å². The summed E-state index contributed by atoms with van der Waals surface area (Å²) in [4.78, 5) is 23.5. The molecule has 0 saturated heterocycles. The Bertz CT molecular complexity index is 751. The van der Waals surface area contributed by atoms with Crippen molar-refractivity contribution in [2.24, 2.45) is 0 Å². The first-order valence-corrected chi connectivity index (χ1v) is 8.29. The second-order valence-electron chi connectivity index (χ2n) is 5.19. The molecule has 0 aliphatic carbocycles. The van der Waals surface area contributed by atoms with Gasteiger partial charge >= 0.3 is 5.97 Å². The van der Waals surface area contributed by atoms with Crippen LogP contribution in [0, 0.1) is 0 Å². The number of carbonyl (C=O) groups is 2. The van der Waals surface area contributed by atoms with Gasteiger partial charge in [0.15, 0.2) is 13.2 Å². The summed E-state index contributed by atoms with van der Waals surface area (Å²) in [7, 11) is 0. The monoisotopic (exact) mass is 381 g/mol. The lowest BCUT2D eigenvalue weighted by Crippen LogP contribution is -2.32. The van der Waals surface area contributed by atoms with Crippen LogP contribution < -0.4 is 10.1 Å². The van der Waals surface area contributed by atoms with Gasteiger partial charge < -0.3 is 14.8 Å². The fourth-order valence-electron chi connectivity index (χ4n) is 2.07. The lowest BCUT2D eigenvalue weighted by atomic mass is 10.1. The van der Waals surface area contributed by atoms with Crippen molar-refractivity contribution in [2.75, 3.05) is 13.2 Å². The first kappa shape index (κ1) is 19.1. The first-order chi connectivity index (χ1) is 12.0. The Kier molecular flexibility index (Phi) is 7.10. The number of rotatable bonds is 7. The van der Waals surface area contributed by atoms with Crippen LogP contribution >= 0.6 is 23.2 Å². The van der Waals surface area contributed by atoms with Crippen molar-refractivity contribution in [1.29, 1.82) is 0 Å². The van der Waals surface area contributed by atoms with Crippen LogP contribution in [0.4, 0.5) is 0 Å². The normalized spacial score (nSPS) is 11.5. The Labute approximate surface area is 155 Å². The quantitative estimate of drug-likeness (QED) is 0.740. The summed E-state index contributed by atoms with van der Waals surface area (Å²) < 4.78 is 10.1. The fourth-order valence-corrected chi connectivity index (χ4v) is 2.56. The number of hydrogen-bond donors (Lipinski definition) is 1. The van der Waals surface area contributed by atoms with E-state index in [0.29, 0.717) is 15.8 Å². The zero-order chi connectivity index (χ0) is 18.2. The zero-order valence-corrected chi connectivity index (χ0v) is 15.0. The number of esters is 1. The highest BCUT2D eigenvalue weighted by atomic mass is 35.5. The Morgan fingerprint density at radius 2 is 1.64 bits per heavy atom. The molecule has 0 unspecified atom stereocenters. The van der Waals surface area contributed by atoms with E-state index in [-0.39, 0.29) is 12.6 Å². The Morgan fingerprint density at radius 3 is 2.32 bits per heavy atom. The zero-order valence-electron chi connectivity index (χ0n) is 13.5. The minimum atomic E-state index is -0.666. The highest BCUT2D eigenvalue weighted by Crippen LogP contribution is 2.23. The molecule has 0 heterocycles. The maximum Gasteiger partial charge on any atom is 0.344 e. The summed E-state index contributed by atoms with van der Waals surface area (Å²) in [5, 5.41) is 3.66. The molecule has 0 aliphatic rings. The summed E-state index contributed by atoms with van der Waals surface area (Å²) in [6, 6.07) is 13.6. The molecule has 1 amide bonds. The average Bonchev–Trinajstić information content (AvgIpc) is 2.59. The minimum absolute atomic E-state index is 0.306. The van der Waals surface area contributed by atoms with Crippen molar-refractivity contribution < 1.29 is 19.1 Å². The molecule has 0 radical (unpaired) electrons. The highest BCUT2D eigenvalue weighted by molar-refractivity contribution is 6.32. The highest BCUT2D eigenvalue weighted by Gasteiger charge is 2.14. The molecule has 25 heavy (non-hydrogen) atoms. The lowest BCUT2D eigenvalue weighted by Gasteiger charge is -2.15. The van der Waals surface area contributed by atoms with Crippen molar-refractivity contribution in [1.82, 2.24) is 5.32 Å². The number of hydrogen-bond acceptors (Lipinski definition) is 4. The van der Waals surface area contributed by atoms with E-state index in [1.165, 1.54) is 0 Å². The third kappa shape index (κ3) is 5.96. The van der Waals surface area contributed by atoms with E-state index in [1.807, 2.05) is 12.1 Å². The minimum Gasteiger partial charge on any atom is -0.480 e. The molecule has 132 valence electrons. The van der Waals surface area contributed by atoms with Crippen molar-refractivity contribution in [3.63, 3.8) is 0 Å². The van der Waals surface area contributed by atoms with Gasteiger partial charge in [-0.25, -0.2) is 4.79 Å². The van der Waals surface area contributed by atoms with E-state index in [1.54, 1.807) is 43.3 Å². The van der Waals surface area contributed by atoms with Crippen molar-refractivity contribution in [3.05, 3.63) is 64.1 Å². The molecular weight excluding hydrogens is 365 g/mol. The average molecular weight is 382 g/mol. The molecule has 0 aromatic heterocycles. The van der Waals surface area contributed by atoms with Gasteiger partial charge in [-0.2, -0.15) is 0 Å². The summed E-state index contributed by atoms with van der Waals surface area (Å²) in [5.41, 5.74) is 0.783. The molecule has 2 aromatic rings. The van der Waals surface area contributed by atoms with Crippen LogP contribution in [0.2, 0.25) is 10.0 Å². The molecule has 1 N–H and O–H groups in total. The van der Waals surface area contributed by atoms with E-state index in [2.05, 4.69) is 5.32 Å². The molecule has 0 fully saturated rings. The SMILES string of the molecule is C[C@@H](NC(=O)COC(=O)COc1ccccc1Cl)c1ccccc1Cl. The topological polar surface area (TPSA) is 64.6 Å². The first-order valence-electron chi connectivity index (χ1n) is 7.54. The van der Waals surface area contributed by atoms with E-state index in [0.717, 1.165) is 5.56 Å². The Hall–Kier alpha value is -2.24. The van der Waals surface area contributed by atoms with E-state index in [9.17, 15) is 9.59 Å². The third-order valence-corrected chi connectivity index (χ3v) is 3.95. The molecule has 0 bridgehead atoms. The molecule has 0 saturated carbocycles. The predicted octanol–water partition coefficient (Wildman–Crippen LogP) is 3.79. The van der Waals surface area contributed by atoms with Crippen LogP contribution in [0.3, 0.4) is 0 Å². The Balaban J connectivity index is 1.75. The number of carbonyl (C=O) groups excluding carboxylic acids is 2. The third-order valence-electron chi connectivity index (χ3n) is 3.30. The van der Waals surface area contributed by atoms with Crippen LogP contribution in [0.1, 0.15) is 18.5 Å². The molecule has 5 nitrogen and oxygen atoms in total. The molecule has 1 atom stereocenters. The molecule has 0 spiro atoms. The smallest absolute Gasteiger partial charge is 0.344 e. The van der Waals surface area contributed by atoms with Crippen LogP contribution in [-0.4, -0.2) is 25.1 Å². The molecule has 2 rings (SSSR count). The van der Waals surface area contributed by atoms with Gasteiger partial charge in [-0.05, 0) is 30.7 Å². The number of benzene rings is 2. The molecule has 0 aliphatic heterocycles. The standard InChI is InChI=1S/C18H17Cl2NO4/c1-12(13-6-2-3-7-14(13)19)21-17(22)10-25-18(23)11-24-16-9-5-4-8-15(16)20/h2-9,12H,10-11H2,1H3,(H,21,22)/t12-/m1/s1. The number of ether oxygens (including phenoxy) is 2. The number of halogens is 2. The van der Waals surface area contributed by atoms with Crippen molar-refractivity contribution >= 4 is 35.1 Å². The predicted molar refractivity (Wildman–Crippen MR) is 95.9 cm³/mol. The second-order valence-corrected chi connectivity index (χ2v) is 6.00. The van der Waals surface area contributed by atoms with Crippen LogP contribution in [0.15, 0.2) is 48.5 Å². The van der Waals surface area contributed by atoms with E-state index < -0.39 is 18.5 Å².